The molecule has 7 nitrogen and oxygen atoms in total. The van der Waals surface area contributed by atoms with Crippen LogP contribution in [0.15, 0.2) is 18.2 Å². The molecular weight excluding hydrogens is 398 g/mol. The molecule has 3 heterocycles. The van der Waals surface area contributed by atoms with E-state index in [1.807, 2.05) is 36.9 Å². The molecule has 0 saturated carbocycles. The highest BCUT2D eigenvalue weighted by Crippen LogP contribution is 2.38. The minimum Gasteiger partial charge on any atom is -0.494 e. The lowest BCUT2D eigenvalue weighted by Crippen LogP contribution is -2.49. The molecule has 0 atom stereocenters. The molecule has 28 heavy (non-hydrogen) atoms. The van der Waals surface area contributed by atoms with Crippen LogP contribution in [0.5, 0.6) is 5.75 Å². The number of hydrogen-bond acceptors (Lipinski definition) is 6. The first-order valence-corrected chi connectivity index (χ1v) is 10.4. The number of nitrogens with zero attached hydrogens (tertiary/aromatic N) is 5. The Labute approximate surface area is 172 Å². The van der Waals surface area contributed by atoms with Gasteiger partial charge in [0.1, 0.15) is 17.0 Å². The van der Waals surface area contributed by atoms with Crippen LogP contribution >= 0.6 is 22.9 Å². The third-order valence-corrected chi connectivity index (χ3v) is 6.50. The monoisotopic (exact) mass is 419 g/mol. The number of carbonyl (C=O) groups excluding carboxylic acids is 1. The molecule has 148 valence electrons. The number of aromatic nitrogens is 3. The number of methoxy groups -OCH3 is 1. The van der Waals surface area contributed by atoms with E-state index in [4.69, 9.17) is 21.3 Å². The Bertz CT molecular complexity index is 1020. The fourth-order valence-corrected chi connectivity index (χ4v) is 4.77. The summed E-state index contributed by atoms with van der Waals surface area (Å²) in [5.74, 6) is 0.759. The summed E-state index contributed by atoms with van der Waals surface area (Å²) in [6.07, 6.45) is 0. The minimum absolute atomic E-state index is 0.0381. The van der Waals surface area contributed by atoms with Crippen molar-refractivity contribution in [1.82, 2.24) is 19.7 Å². The molecule has 0 bridgehead atoms. The summed E-state index contributed by atoms with van der Waals surface area (Å²) in [5.41, 5.74) is 2.31. The van der Waals surface area contributed by atoms with E-state index >= 15 is 0 Å². The van der Waals surface area contributed by atoms with E-state index in [-0.39, 0.29) is 5.91 Å². The molecule has 1 aromatic carbocycles. The molecule has 1 saturated heterocycles. The lowest BCUT2D eigenvalue weighted by atomic mass is 10.2. The number of ether oxygens (including phenoxy) is 1. The zero-order chi connectivity index (χ0) is 19.8. The van der Waals surface area contributed by atoms with Crippen molar-refractivity contribution < 1.29 is 9.53 Å². The topological polar surface area (TPSA) is 63.5 Å². The zero-order valence-electron chi connectivity index (χ0n) is 16.1. The average molecular weight is 420 g/mol. The maximum Gasteiger partial charge on any atom is 0.272 e. The fourth-order valence-electron chi connectivity index (χ4n) is 3.46. The SMILES string of the molecule is CCn1nc(C)cc1C(=O)N1CCN(c2nc3c(OC)ccc(Cl)c3s2)CC1. The van der Waals surface area contributed by atoms with Gasteiger partial charge in [-0.15, -0.1) is 0 Å². The Balaban J connectivity index is 1.50. The van der Waals surface area contributed by atoms with E-state index in [9.17, 15) is 4.79 Å². The number of rotatable bonds is 4. The second kappa shape index (κ2) is 7.60. The van der Waals surface area contributed by atoms with Gasteiger partial charge in [0.15, 0.2) is 5.13 Å². The first kappa shape index (κ1) is 19.0. The lowest BCUT2D eigenvalue weighted by molar-refractivity contribution is 0.0734. The Kier molecular flexibility index (Phi) is 5.16. The standard InChI is InChI=1S/C19H22ClN5O2S/c1-4-25-14(11-12(2)22-25)18(26)23-7-9-24(10-8-23)19-21-16-15(27-3)6-5-13(20)17(16)28-19/h5-6,11H,4,7-10H2,1-3H3. The Hall–Kier alpha value is -2.32. The van der Waals surface area contributed by atoms with Gasteiger partial charge >= 0.3 is 0 Å². The van der Waals surface area contributed by atoms with Crippen LogP contribution in [0.25, 0.3) is 10.2 Å². The van der Waals surface area contributed by atoms with Gasteiger partial charge in [0, 0.05) is 32.7 Å². The molecule has 1 amide bonds. The van der Waals surface area contributed by atoms with Crippen molar-refractivity contribution in [2.45, 2.75) is 20.4 Å². The van der Waals surface area contributed by atoms with Crippen LogP contribution in [0.1, 0.15) is 23.1 Å². The summed E-state index contributed by atoms with van der Waals surface area (Å²) in [6.45, 7) is 7.33. The number of aryl methyl sites for hydroxylation is 2. The van der Waals surface area contributed by atoms with Gasteiger partial charge in [-0.2, -0.15) is 5.10 Å². The largest absolute Gasteiger partial charge is 0.494 e. The van der Waals surface area contributed by atoms with Gasteiger partial charge in [-0.3, -0.25) is 9.48 Å². The number of halogens is 1. The van der Waals surface area contributed by atoms with Gasteiger partial charge in [-0.1, -0.05) is 22.9 Å². The second-order valence-corrected chi connectivity index (χ2v) is 8.07. The maximum absolute atomic E-state index is 12.9. The summed E-state index contributed by atoms with van der Waals surface area (Å²) in [7, 11) is 1.63. The van der Waals surface area contributed by atoms with Crippen LogP contribution in [0, 0.1) is 6.92 Å². The van der Waals surface area contributed by atoms with Gasteiger partial charge in [0.25, 0.3) is 5.91 Å². The lowest BCUT2D eigenvalue weighted by Gasteiger charge is -2.34. The van der Waals surface area contributed by atoms with Gasteiger partial charge in [0.05, 0.1) is 22.5 Å². The van der Waals surface area contributed by atoms with Gasteiger partial charge in [0.2, 0.25) is 0 Å². The quantitative estimate of drug-likeness (QED) is 0.648. The van der Waals surface area contributed by atoms with Gasteiger partial charge in [-0.05, 0) is 32.0 Å². The fraction of sp³-hybridized carbons (Fsp3) is 0.421. The molecule has 0 N–H and O–H groups in total. The number of amides is 1. The Morgan fingerprint density at radius 2 is 2.04 bits per heavy atom. The Morgan fingerprint density at radius 3 is 2.71 bits per heavy atom. The second-order valence-electron chi connectivity index (χ2n) is 6.69. The van der Waals surface area contributed by atoms with Crippen molar-refractivity contribution in [3.63, 3.8) is 0 Å². The summed E-state index contributed by atoms with van der Waals surface area (Å²) in [4.78, 5) is 21.7. The van der Waals surface area contributed by atoms with Crippen LogP contribution in [0.4, 0.5) is 5.13 Å². The molecule has 1 aliphatic rings. The van der Waals surface area contributed by atoms with Gasteiger partial charge in [-0.25, -0.2) is 4.98 Å². The third-order valence-electron chi connectivity index (χ3n) is 4.93. The van der Waals surface area contributed by atoms with Crippen LogP contribution in [0.2, 0.25) is 5.02 Å². The number of benzene rings is 1. The number of piperazine rings is 1. The van der Waals surface area contributed by atoms with Crippen molar-refractivity contribution in [2.24, 2.45) is 0 Å². The van der Waals surface area contributed by atoms with Crippen LogP contribution in [0.3, 0.4) is 0 Å². The molecule has 1 fully saturated rings. The van der Waals surface area contributed by atoms with Crippen LogP contribution in [-0.2, 0) is 6.54 Å². The summed E-state index contributed by atoms with van der Waals surface area (Å²) < 4.78 is 8.11. The smallest absolute Gasteiger partial charge is 0.272 e. The molecule has 1 aliphatic heterocycles. The summed E-state index contributed by atoms with van der Waals surface area (Å²) in [6, 6.07) is 5.53. The third kappa shape index (κ3) is 3.31. The van der Waals surface area contributed by atoms with E-state index in [1.165, 1.54) is 0 Å². The summed E-state index contributed by atoms with van der Waals surface area (Å²) >= 11 is 7.90. The molecule has 9 heteroatoms. The number of thiazole rings is 1. The number of carbonyl (C=O) groups is 1. The number of anilines is 1. The van der Waals surface area contributed by atoms with Crippen molar-refractivity contribution in [1.29, 1.82) is 0 Å². The van der Waals surface area contributed by atoms with Crippen molar-refractivity contribution in [3.05, 3.63) is 34.6 Å². The molecule has 0 spiro atoms. The van der Waals surface area contributed by atoms with E-state index in [0.29, 0.717) is 30.4 Å². The highest BCUT2D eigenvalue weighted by atomic mass is 35.5. The van der Waals surface area contributed by atoms with Gasteiger partial charge < -0.3 is 14.5 Å². The predicted octanol–water partition coefficient (Wildman–Crippen LogP) is 3.45. The van der Waals surface area contributed by atoms with Crippen molar-refractivity contribution in [2.75, 3.05) is 38.2 Å². The normalized spacial score (nSPS) is 14.7. The molecule has 0 unspecified atom stereocenters. The van der Waals surface area contributed by atoms with Crippen LogP contribution < -0.4 is 9.64 Å². The molecule has 0 aliphatic carbocycles. The van der Waals surface area contributed by atoms with E-state index in [1.54, 1.807) is 23.1 Å². The molecule has 0 radical (unpaired) electrons. The average Bonchev–Trinajstić information content (AvgIpc) is 3.32. The first-order chi connectivity index (χ1) is 13.5. The minimum atomic E-state index is 0.0381. The van der Waals surface area contributed by atoms with Crippen LogP contribution in [-0.4, -0.2) is 58.9 Å². The summed E-state index contributed by atoms with van der Waals surface area (Å²) in [5, 5.41) is 5.97. The zero-order valence-corrected chi connectivity index (χ0v) is 17.7. The highest BCUT2D eigenvalue weighted by Gasteiger charge is 2.26. The van der Waals surface area contributed by atoms with Crippen molar-refractivity contribution >= 4 is 44.2 Å². The molecular formula is C19H22ClN5O2S. The first-order valence-electron chi connectivity index (χ1n) is 9.23. The predicted molar refractivity (Wildman–Crippen MR) is 112 cm³/mol. The number of fused-ring (bicyclic) bond motifs is 1. The van der Waals surface area contributed by atoms with E-state index in [2.05, 4.69) is 10.00 Å². The maximum atomic E-state index is 12.9. The van der Waals surface area contributed by atoms with E-state index in [0.717, 1.165) is 39.9 Å². The highest BCUT2D eigenvalue weighted by molar-refractivity contribution is 7.22. The Morgan fingerprint density at radius 1 is 1.29 bits per heavy atom. The number of hydrogen-bond donors (Lipinski definition) is 0. The molecule has 3 aromatic rings. The molecule has 4 rings (SSSR count). The van der Waals surface area contributed by atoms with E-state index < -0.39 is 0 Å². The van der Waals surface area contributed by atoms with Crippen molar-refractivity contribution in [3.8, 4) is 5.75 Å². The molecule has 2 aromatic heterocycles.